The number of thiazole rings is 1. The van der Waals surface area contributed by atoms with Crippen LogP contribution in [0.25, 0.3) is 32.1 Å². The number of carbonyl (C=O) groups is 1. The molecule has 4 rings (SSSR count). The number of carbonyl (C=O) groups excluding carboxylic acids is 1. The van der Waals surface area contributed by atoms with Crippen LogP contribution in [0.5, 0.6) is 0 Å². The summed E-state index contributed by atoms with van der Waals surface area (Å²) < 4.78 is 4.82. The number of ether oxygens (including phenoxy) is 1. The number of aromatic nitrogens is 1. The molecule has 0 unspecified atom stereocenters. The highest BCUT2D eigenvalue weighted by Crippen LogP contribution is 2.37. The summed E-state index contributed by atoms with van der Waals surface area (Å²) in [5.74, 6) is -0.343. The maximum atomic E-state index is 11.8. The summed E-state index contributed by atoms with van der Waals surface area (Å²) in [7, 11) is 1.39. The lowest BCUT2D eigenvalue weighted by Gasteiger charge is -2.10. The summed E-state index contributed by atoms with van der Waals surface area (Å²) in [6.45, 7) is 2.15. The molecule has 138 valence electrons. The molecule has 4 aromatic rings. The van der Waals surface area contributed by atoms with Crippen LogP contribution in [0.3, 0.4) is 0 Å². The first-order chi connectivity index (χ1) is 13.7. The van der Waals surface area contributed by atoms with Gasteiger partial charge in [-0.2, -0.15) is 0 Å². The van der Waals surface area contributed by atoms with E-state index >= 15 is 0 Å². The highest BCUT2D eigenvalue weighted by Gasteiger charge is 2.13. The van der Waals surface area contributed by atoms with Gasteiger partial charge in [-0.15, -0.1) is 11.3 Å². The molecule has 0 saturated carbocycles. The van der Waals surface area contributed by atoms with Gasteiger partial charge in [0.15, 0.2) is 0 Å². The molecular weight excluding hydrogens is 366 g/mol. The molecule has 3 nitrogen and oxygen atoms in total. The molecule has 0 fully saturated rings. The number of esters is 1. The number of hydrogen-bond acceptors (Lipinski definition) is 4. The molecule has 4 heteroatoms. The third-order valence-electron chi connectivity index (χ3n) is 4.72. The summed E-state index contributed by atoms with van der Waals surface area (Å²) in [5.41, 5.74) is 6.27. The number of hydrogen-bond donors (Lipinski definition) is 0. The van der Waals surface area contributed by atoms with Crippen LogP contribution in [-0.4, -0.2) is 18.1 Å². The summed E-state index contributed by atoms with van der Waals surface area (Å²) in [5, 5.41) is 0.880. The Morgan fingerprint density at radius 2 is 1.61 bits per heavy atom. The van der Waals surface area contributed by atoms with Crippen molar-refractivity contribution in [1.29, 1.82) is 0 Å². The zero-order valence-corrected chi connectivity index (χ0v) is 16.5. The van der Waals surface area contributed by atoms with E-state index in [9.17, 15) is 4.79 Å². The van der Waals surface area contributed by atoms with E-state index in [1.54, 1.807) is 17.4 Å². The second-order valence-corrected chi connectivity index (χ2v) is 7.48. The standard InChI is InChI=1S/C24H19NO2S/c1-16-20(17-8-4-3-5-9-17)12-7-13-21(16)22-15-25-23(28-22)18-10-6-11-19(14-18)24(26)27-2/h3-15H,1-2H3. The van der Waals surface area contributed by atoms with Crippen LogP contribution in [0, 0.1) is 6.92 Å². The van der Waals surface area contributed by atoms with E-state index in [-0.39, 0.29) is 5.97 Å². The van der Waals surface area contributed by atoms with Crippen LogP contribution < -0.4 is 0 Å². The third kappa shape index (κ3) is 3.47. The van der Waals surface area contributed by atoms with E-state index in [0.29, 0.717) is 5.56 Å². The molecule has 0 bridgehead atoms. The highest BCUT2D eigenvalue weighted by atomic mass is 32.1. The van der Waals surface area contributed by atoms with Crippen LogP contribution in [0.4, 0.5) is 0 Å². The number of benzene rings is 3. The van der Waals surface area contributed by atoms with Gasteiger partial charge in [0, 0.05) is 11.8 Å². The van der Waals surface area contributed by atoms with Gasteiger partial charge in [-0.1, -0.05) is 60.7 Å². The van der Waals surface area contributed by atoms with Crippen LogP contribution in [0.1, 0.15) is 15.9 Å². The van der Waals surface area contributed by atoms with Gasteiger partial charge in [0.1, 0.15) is 5.01 Å². The molecule has 0 radical (unpaired) electrons. The molecule has 0 N–H and O–H groups in total. The molecule has 28 heavy (non-hydrogen) atoms. The first-order valence-corrected chi connectivity index (χ1v) is 9.79. The van der Waals surface area contributed by atoms with Crippen LogP contribution in [-0.2, 0) is 4.74 Å². The summed E-state index contributed by atoms with van der Waals surface area (Å²) in [4.78, 5) is 17.5. The Kier molecular flexibility index (Phi) is 5.04. The Hall–Kier alpha value is -3.24. The number of nitrogens with zero attached hydrogens (tertiary/aromatic N) is 1. The van der Waals surface area contributed by atoms with Crippen molar-refractivity contribution in [2.24, 2.45) is 0 Å². The average molecular weight is 385 g/mol. The lowest BCUT2D eigenvalue weighted by molar-refractivity contribution is 0.0601. The van der Waals surface area contributed by atoms with Crippen molar-refractivity contribution in [2.75, 3.05) is 7.11 Å². The Bertz CT molecular complexity index is 1130. The van der Waals surface area contributed by atoms with Crippen molar-refractivity contribution >= 4 is 17.3 Å². The van der Waals surface area contributed by atoms with Crippen molar-refractivity contribution in [1.82, 2.24) is 4.98 Å². The predicted molar refractivity (Wildman–Crippen MR) is 114 cm³/mol. The van der Waals surface area contributed by atoms with E-state index in [1.807, 2.05) is 30.5 Å². The van der Waals surface area contributed by atoms with E-state index in [4.69, 9.17) is 4.74 Å². The van der Waals surface area contributed by atoms with Crippen LogP contribution >= 0.6 is 11.3 Å². The van der Waals surface area contributed by atoms with Crippen molar-refractivity contribution in [3.63, 3.8) is 0 Å². The molecule has 0 amide bonds. The van der Waals surface area contributed by atoms with Crippen molar-refractivity contribution < 1.29 is 9.53 Å². The minimum atomic E-state index is -0.343. The predicted octanol–water partition coefficient (Wildman–Crippen LogP) is 6.24. The quantitative estimate of drug-likeness (QED) is 0.390. The summed E-state index contributed by atoms with van der Waals surface area (Å²) >= 11 is 1.62. The normalized spacial score (nSPS) is 10.6. The summed E-state index contributed by atoms with van der Waals surface area (Å²) in [6.07, 6.45) is 1.90. The monoisotopic (exact) mass is 385 g/mol. The van der Waals surface area contributed by atoms with Crippen molar-refractivity contribution in [2.45, 2.75) is 6.92 Å². The highest BCUT2D eigenvalue weighted by molar-refractivity contribution is 7.18. The zero-order valence-electron chi connectivity index (χ0n) is 15.7. The first kappa shape index (κ1) is 18.1. The molecule has 0 spiro atoms. The number of rotatable bonds is 4. The van der Waals surface area contributed by atoms with Gasteiger partial charge in [0.2, 0.25) is 0 Å². The maximum Gasteiger partial charge on any atom is 0.337 e. The van der Waals surface area contributed by atoms with E-state index in [0.717, 1.165) is 15.4 Å². The van der Waals surface area contributed by atoms with E-state index < -0.39 is 0 Å². The Morgan fingerprint density at radius 1 is 0.893 bits per heavy atom. The van der Waals surface area contributed by atoms with Crippen molar-refractivity contribution in [3.05, 3.63) is 90.1 Å². The van der Waals surface area contributed by atoms with Gasteiger partial charge < -0.3 is 4.74 Å². The minimum absolute atomic E-state index is 0.343. The van der Waals surface area contributed by atoms with Gasteiger partial charge in [0.25, 0.3) is 0 Å². The molecule has 0 aliphatic rings. The third-order valence-corrected chi connectivity index (χ3v) is 5.80. The first-order valence-electron chi connectivity index (χ1n) is 8.97. The molecule has 3 aromatic carbocycles. The van der Waals surface area contributed by atoms with Crippen LogP contribution in [0.15, 0.2) is 79.0 Å². The molecule has 0 atom stereocenters. The fraction of sp³-hybridized carbons (Fsp3) is 0.0833. The minimum Gasteiger partial charge on any atom is -0.465 e. The number of methoxy groups -OCH3 is 1. The van der Waals surface area contributed by atoms with E-state index in [2.05, 4.69) is 54.4 Å². The summed E-state index contributed by atoms with van der Waals surface area (Å²) in [6, 6.07) is 24.1. The Balaban J connectivity index is 1.72. The second-order valence-electron chi connectivity index (χ2n) is 6.45. The van der Waals surface area contributed by atoms with Crippen LogP contribution in [0.2, 0.25) is 0 Å². The molecule has 0 saturated heterocycles. The molecule has 1 aromatic heterocycles. The largest absolute Gasteiger partial charge is 0.465 e. The Morgan fingerprint density at radius 3 is 2.39 bits per heavy atom. The van der Waals surface area contributed by atoms with Crippen molar-refractivity contribution in [3.8, 4) is 32.1 Å². The van der Waals surface area contributed by atoms with Gasteiger partial charge in [0.05, 0.1) is 17.6 Å². The molecule has 0 aliphatic heterocycles. The average Bonchev–Trinajstić information content (AvgIpc) is 3.24. The lowest BCUT2D eigenvalue weighted by atomic mass is 9.96. The van der Waals surface area contributed by atoms with E-state index in [1.165, 1.54) is 29.4 Å². The zero-order chi connectivity index (χ0) is 19.5. The fourth-order valence-electron chi connectivity index (χ4n) is 3.26. The maximum absolute atomic E-state index is 11.8. The SMILES string of the molecule is COC(=O)c1cccc(-c2ncc(-c3cccc(-c4ccccc4)c3C)s2)c1. The van der Waals surface area contributed by atoms with Gasteiger partial charge in [-0.25, -0.2) is 9.78 Å². The van der Waals surface area contributed by atoms with Gasteiger partial charge in [-0.05, 0) is 41.3 Å². The molecule has 0 aliphatic carbocycles. The fourth-order valence-corrected chi connectivity index (χ4v) is 4.26. The second kappa shape index (κ2) is 7.79. The lowest BCUT2D eigenvalue weighted by Crippen LogP contribution is -2.00. The Labute approximate surface area is 168 Å². The molecule has 1 heterocycles. The van der Waals surface area contributed by atoms with Gasteiger partial charge in [-0.3, -0.25) is 0 Å². The molecular formula is C24H19NO2S. The topological polar surface area (TPSA) is 39.2 Å². The smallest absolute Gasteiger partial charge is 0.337 e. The van der Waals surface area contributed by atoms with Gasteiger partial charge >= 0.3 is 5.97 Å².